The second-order valence-corrected chi connectivity index (χ2v) is 11.5. The Morgan fingerprint density at radius 3 is 2.55 bits per heavy atom. The first-order chi connectivity index (χ1) is 18.4. The summed E-state index contributed by atoms with van der Waals surface area (Å²) < 4.78 is 17.1. The van der Waals surface area contributed by atoms with Crippen molar-refractivity contribution in [3.8, 4) is 0 Å². The van der Waals surface area contributed by atoms with E-state index in [-0.39, 0.29) is 40.8 Å². The lowest BCUT2D eigenvalue weighted by molar-refractivity contribution is 0.0922. The van der Waals surface area contributed by atoms with Crippen molar-refractivity contribution in [3.05, 3.63) is 68.5 Å². The fourth-order valence-electron chi connectivity index (χ4n) is 5.82. The summed E-state index contributed by atoms with van der Waals surface area (Å²) in [7, 11) is 0. The number of amides is 1. The smallest absolute Gasteiger partial charge is 0.333 e. The first-order valence-corrected chi connectivity index (χ1v) is 14.2. The molecular formula is C27H29FN6O3S. The van der Waals surface area contributed by atoms with Crippen LogP contribution in [0.3, 0.4) is 0 Å². The highest BCUT2D eigenvalue weighted by atomic mass is 32.2. The zero-order valence-corrected chi connectivity index (χ0v) is 21.9. The van der Waals surface area contributed by atoms with Gasteiger partial charge in [-0.2, -0.15) is 11.8 Å². The predicted molar refractivity (Wildman–Crippen MR) is 145 cm³/mol. The molecule has 3 aromatic heterocycles. The zero-order chi connectivity index (χ0) is 26.4. The average Bonchev–Trinajstić information content (AvgIpc) is 3.30. The van der Waals surface area contributed by atoms with Gasteiger partial charge in [-0.25, -0.2) is 19.2 Å². The number of rotatable bonds is 4. The predicted octanol–water partition coefficient (Wildman–Crippen LogP) is 3.86. The first kappa shape index (κ1) is 24.8. The van der Waals surface area contributed by atoms with Crippen molar-refractivity contribution >= 4 is 39.7 Å². The molecule has 0 radical (unpaired) electrons. The summed E-state index contributed by atoms with van der Waals surface area (Å²) in [4.78, 5) is 51.8. The number of hydrogen-bond acceptors (Lipinski definition) is 6. The number of halogens is 1. The van der Waals surface area contributed by atoms with Crippen LogP contribution in [0.5, 0.6) is 0 Å². The maximum Gasteiger partial charge on any atom is 0.333 e. The van der Waals surface area contributed by atoms with E-state index in [4.69, 9.17) is 0 Å². The van der Waals surface area contributed by atoms with Crippen molar-refractivity contribution in [1.82, 2.24) is 29.4 Å². The van der Waals surface area contributed by atoms with Crippen LogP contribution in [0.25, 0.3) is 22.1 Å². The molecule has 1 aliphatic carbocycles. The topological polar surface area (TPSA) is 115 Å². The SMILES string of the molecule is Cc1nc2cc(C(=O)N[C@H]3CC[C@@H](n4c(=O)c5cc(F)cnc5n(C5CCSCC5)c4=O)CC3)ccc2[nH]1. The molecular weight excluding hydrogens is 507 g/mol. The Kier molecular flexibility index (Phi) is 6.55. The maximum atomic E-state index is 14.1. The molecule has 6 rings (SSSR count). The van der Waals surface area contributed by atoms with Gasteiger partial charge in [-0.3, -0.25) is 18.7 Å². The molecule has 1 amide bonds. The van der Waals surface area contributed by atoms with Crippen LogP contribution in [-0.2, 0) is 0 Å². The molecule has 38 heavy (non-hydrogen) atoms. The number of nitrogens with one attached hydrogen (secondary N) is 2. The number of pyridine rings is 1. The zero-order valence-electron chi connectivity index (χ0n) is 21.1. The number of carbonyl (C=O) groups excluding carboxylic acids is 1. The van der Waals surface area contributed by atoms with Gasteiger partial charge in [0.1, 0.15) is 17.3 Å². The second kappa shape index (κ2) is 10.0. The lowest BCUT2D eigenvalue weighted by Crippen LogP contribution is -2.46. The minimum Gasteiger partial charge on any atom is -0.349 e. The van der Waals surface area contributed by atoms with E-state index in [9.17, 15) is 18.8 Å². The van der Waals surface area contributed by atoms with Gasteiger partial charge in [0, 0.05) is 23.7 Å². The molecule has 1 aromatic carbocycles. The lowest BCUT2D eigenvalue weighted by Gasteiger charge is -2.31. The van der Waals surface area contributed by atoms with Crippen molar-refractivity contribution in [2.24, 2.45) is 0 Å². The largest absolute Gasteiger partial charge is 0.349 e. The quantitative estimate of drug-likeness (QED) is 0.409. The van der Waals surface area contributed by atoms with Crippen molar-refractivity contribution < 1.29 is 9.18 Å². The molecule has 0 atom stereocenters. The van der Waals surface area contributed by atoms with Crippen molar-refractivity contribution in [1.29, 1.82) is 0 Å². The molecule has 11 heteroatoms. The molecule has 2 aliphatic rings. The number of aryl methyl sites for hydroxylation is 1. The van der Waals surface area contributed by atoms with E-state index in [1.54, 1.807) is 16.7 Å². The van der Waals surface area contributed by atoms with Gasteiger partial charge in [-0.15, -0.1) is 0 Å². The number of imidazole rings is 1. The number of H-pyrrole nitrogens is 1. The van der Waals surface area contributed by atoms with Crippen LogP contribution in [0, 0.1) is 12.7 Å². The number of hydrogen-bond donors (Lipinski definition) is 2. The molecule has 4 aromatic rings. The Bertz CT molecular complexity index is 1650. The Morgan fingerprint density at radius 1 is 1.05 bits per heavy atom. The van der Waals surface area contributed by atoms with Gasteiger partial charge in [-0.05, 0) is 81.2 Å². The molecule has 9 nitrogen and oxygen atoms in total. The standard InChI is InChI=1S/C27H29FN6O3S/c1-15-30-22-7-2-16(12-23(22)31-15)25(35)32-18-3-5-19(6-4-18)34-26(36)21-13-17(28)14-29-24(21)33(27(34)37)20-8-10-38-11-9-20/h2,7,12-14,18-20H,3-6,8-11H2,1H3,(H,30,31)(H,32,35)/t18-,19+. The van der Waals surface area contributed by atoms with E-state index < -0.39 is 11.4 Å². The Balaban J connectivity index is 1.24. The number of aromatic amines is 1. The number of thioether (sulfide) groups is 1. The molecule has 1 saturated heterocycles. The summed E-state index contributed by atoms with van der Waals surface area (Å²) in [6, 6.07) is 6.14. The maximum absolute atomic E-state index is 14.1. The molecule has 0 unspecified atom stereocenters. The van der Waals surface area contributed by atoms with Crippen molar-refractivity contribution in [2.75, 3.05) is 11.5 Å². The molecule has 0 bridgehead atoms. The van der Waals surface area contributed by atoms with Gasteiger partial charge < -0.3 is 10.3 Å². The second-order valence-electron chi connectivity index (χ2n) is 10.2. The summed E-state index contributed by atoms with van der Waals surface area (Å²) in [5, 5.41) is 3.24. The fraction of sp³-hybridized carbons (Fsp3) is 0.444. The van der Waals surface area contributed by atoms with Gasteiger partial charge in [-0.1, -0.05) is 0 Å². The van der Waals surface area contributed by atoms with Crippen LogP contribution in [0.4, 0.5) is 4.39 Å². The van der Waals surface area contributed by atoms with E-state index in [1.807, 2.05) is 24.8 Å². The normalized spacial score (nSPS) is 20.7. The van der Waals surface area contributed by atoms with Gasteiger partial charge in [0.2, 0.25) is 0 Å². The van der Waals surface area contributed by atoms with Gasteiger partial charge in [0.15, 0.2) is 0 Å². The van der Waals surface area contributed by atoms with Crippen molar-refractivity contribution in [3.63, 3.8) is 0 Å². The molecule has 2 N–H and O–H groups in total. The number of benzene rings is 1. The number of fused-ring (bicyclic) bond motifs is 2. The van der Waals surface area contributed by atoms with Crippen LogP contribution in [-0.4, -0.2) is 47.5 Å². The Labute approximate surface area is 221 Å². The number of carbonyl (C=O) groups is 1. The van der Waals surface area contributed by atoms with E-state index in [1.165, 1.54) is 10.6 Å². The monoisotopic (exact) mass is 536 g/mol. The van der Waals surface area contributed by atoms with E-state index >= 15 is 0 Å². The van der Waals surface area contributed by atoms with Crippen LogP contribution in [0.1, 0.15) is 66.8 Å². The van der Waals surface area contributed by atoms with Gasteiger partial charge in [0.25, 0.3) is 11.5 Å². The van der Waals surface area contributed by atoms with E-state index in [0.717, 1.165) is 47.4 Å². The molecule has 198 valence electrons. The third-order valence-electron chi connectivity index (χ3n) is 7.74. The number of aromatic nitrogens is 5. The summed E-state index contributed by atoms with van der Waals surface area (Å²) in [6.07, 6.45) is 5.06. The van der Waals surface area contributed by atoms with Crippen LogP contribution >= 0.6 is 11.8 Å². The summed E-state index contributed by atoms with van der Waals surface area (Å²) in [6.45, 7) is 1.87. The molecule has 1 aliphatic heterocycles. The minimum absolute atomic E-state index is 0.0665. The minimum atomic E-state index is -0.597. The third kappa shape index (κ3) is 4.53. The summed E-state index contributed by atoms with van der Waals surface area (Å²) >= 11 is 1.84. The molecule has 2 fully saturated rings. The fourth-order valence-corrected chi connectivity index (χ4v) is 6.90. The van der Waals surface area contributed by atoms with Crippen LogP contribution < -0.4 is 16.6 Å². The highest BCUT2D eigenvalue weighted by molar-refractivity contribution is 7.99. The van der Waals surface area contributed by atoms with Gasteiger partial charge in [0.05, 0.1) is 22.6 Å². The third-order valence-corrected chi connectivity index (χ3v) is 8.79. The number of nitrogens with zero attached hydrogens (tertiary/aromatic N) is 4. The van der Waals surface area contributed by atoms with E-state index in [0.29, 0.717) is 31.2 Å². The Hall–Kier alpha value is -3.47. The van der Waals surface area contributed by atoms with E-state index in [2.05, 4.69) is 20.3 Å². The van der Waals surface area contributed by atoms with Crippen LogP contribution in [0.2, 0.25) is 0 Å². The molecule has 0 spiro atoms. The first-order valence-electron chi connectivity index (χ1n) is 13.1. The van der Waals surface area contributed by atoms with Gasteiger partial charge >= 0.3 is 5.69 Å². The average molecular weight is 537 g/mol. The Morgan fingerprint density at radius 2 is 1.79 bits per heavy atom. The molecule has 1 saturated carbocycles. The van der Waals surface area contributed by atoms with Crippen LogP contribution in [0.15, 0.2) is 40.1 Å². The highest BCUT2D eigenvalue weighted by Crippen LogP contribution is 2.30. The molecule has 4 heterocycles. The summed E-state index contributed by atoms with van der Waals surface area (Å²) in [5.41, 5.74) is 1.57. The summed E-state index contributed by atoms with van der Waals surface area (Å²) in [5.74, 6) is 1.88. The highest BCUT2D eigenvalue weighted by Gasteiger charge is 2.30. The van der Waals surface area contributed by atoms with Crippen molar-refractivity contribution in [2.45, 2.75) is 63.6 Å². The lowest BCUT2D eigenvalue weighted by atomic mass is 9.90.